The van der Waals surface area contributed by atoms with Crippen LogP contribution in [0.5, 0.6) is 0 Å². The second-order valence-electron chi connectivity index (χ2n) is 8.58. The lowest BCUT2D eigenvalue weighted by Crippen LogP contribution is -2.33. The van der Waals surface area contributed by atoms with E-state index in [1.54, 1.807) is 36.5 Å². The summed E-state index contributed by atoms with van der Waals surface area (Å²) in [5, 5.41) is 16.9. The van der Waals surface area contributed by atoms with Crippen molar-refractivity contribution in [1.29, 1.82) is 0 Å². The number of aryl methyl sites for hydroxylation is 1. The number of nitrogens with one attached hydrogen (secondary N) is 3. The van der Waals surface area contributed by atoms with Gasteiger partial charge in [0.1, 0.15) is 0 Å². The molecule has 3 N–H and O–H groups in total. The number of carbonyl (C=O) groups excluding carboxylic acids is 2. The maximum Gasteiger partial charge on any atom is 0.257 e. The third kappa shape index (κ3) is 5.11. The van der Waals surface area contributed by atoms with Gasteiger partial charge in [-0.3, -0.25) is 19.3 Å². The van der Waals surface area contributed by atoms with Crippen molar-refractivity contribution in [3.63, 3.8) is 0 Å². The van der Waals surface area contributed by atoms with Crippen molar-refractivity contribution in [2.24, 2.45) is 7.05 Å². The summed E-state index contributed by atoms with van der Waals surface area (Å²) >= 11 is 1.42. The first-order valence-electron chi connectivity index (χ1n) is 11.7. The monoisotopic (exact) mass is 498 g/mol. The van der Waals surface area contributed by atoms with Crippen LogP contribution in [0.15, 0.2) is 78.7 Å². The second-order valence-corrected chi connectivity index (χ2v) is 9.56. The molecular weight excluding hydrogens is 472 g/mol. The second kappa shape index (κ2) is 10.2. The van der Waals surface area contributed by atoms with Crippen LogP contribution in [0.4, 0.5) is 5.69 Å². The van der Waals surface area contributed by atoms with Crippen LogP contribution in [0.1, 0.15) is 40.9 Å². The van der Waals surface area contributed by atoms with Gasteiger partial charge in [0.15, 0.2) is 5.37 Å². The smallest absolute Gasteiger partial charge is 0.257 e. The highest BCUT2D eigenvalue weighted by molar-refractivity contribution is 8.03. The molecule has 0 bridgehead atoms. The molecule has 2 atom stereocenters. The fourth-order valence-corrected chi connectivity index (χ4v) is 4.98. The van der Waals surface area contributed by atoms with Crippen LogP contribution < -0.4 is 16.0 Å². The van der Waals surface area contributed by atoms with Gasteiger partial charge < -0.3 is 16.0 Å². The largest absolute Gasteiger partial charge is 0.364 e. The molecule has 4 aromatic rings. The molecule has 2 amide bonds. The number of benzene rings is 2. The van der Waals surface area contributed by atoms with Crippen molar-refractivity contribution in [2.45, 2.75) is 24.8 Å². The molecule has 3 heterocycles. The number of amides is 2. The summed E-state index contributed by atoms with van der Waals surface area (Å²) in [5.74, 6) is -0.257. The highest BCUT2D eigenvalue weighted by Gasteiger charge is 2.25. The lowest BCUT2D eigenvalue weighted by atomic mass is 10.00. The molecule has 9 heteroatoms. The Hall–Kier alpha value is -4.11. The first-order valence-corrected chi connectivity index (χ1v) is 12.6. The van der Waals surface area contributed by atoms with Crippen molar-refractivity contribution >= 4 is 45.7 Å². The maximum absolute atomic E-state index is 13.0. The van der Waals surface area contributed by atoms with E-state index < -0.39 is 5.37 Å². The summed E-state index contributed by atoms with van der Waals surface area (Å²) in [6, 6.07) is 15.4. The van der Waals surface area contributed by atoms with Crippen LogP contribution in [-0.4, -0.2) is 32.0 Å². The summed E-state index contributed by atoms with van der Waals surface area (Å²) < 4.78 is 1.64. The summed E-state index contributed by atoms with van der Waals surface area (Å²) in [6.07, 6.45) is 7.62. The average Bonchev–Trinajstić information content (AvgIpc) is 3.56. The molecule has 0 saturated carbocycles. The molecule has 182 valence electrons. The zero-order valence-corrected chi connectivity index (χ0v) is 20.8. The lowest BCUT2D eigenvalue weighted by molar-refractivity contribution is -0.115. The molecule has 0 saturated heterocycles. The van der Waals surface area contributed by atoms with Gasteiger partial charge in [0.2, 0.25) is 0 Å². The van der Waals surface area contributed by atoms with Crippen LogP contribution in [0, 0.1) is 0 Å². The van der Waals surface area contributed by atoms with Crippen molar-refractivity contribution in [3.05, 3.63) is 95.4 Å². The quantitative estimate of drug-likeness (QED) is 0.348. The molecule has 2 aromatic heterocycles. The minimum absolute atomic E-state index is 0.119. The van der Waals surface area contributed by atoms with Crippen LogP contribution in [0.2, 0.25) is 0 Å². The van der Waals surface area contributed by atoms with Gasteiger partial charge in [-0.1, -0.05) is 43.0 Å². The number of hydrogen-bond acceptors (Lipinski definition) is 6. The Kier molecular flexibility index (Phi) is 6.73. The molecule has 8 nitrogen and oxygen atoms in total. The van der Waals surface area contributed by atoms with Crippen molar-refractivity contribution < 1.29 is 9.59 Å². The van der Waals surface area contributed by atoms with Crippen molar-refractivity contribution in [2.75, 3.05) is 5.32 Å². The topological polar surface area (TPSA) is 101 Å². The number of nitrogens with zero attached hydrogens (tertiary/aromatic N) is 3. The third-order valence-electron chi connectivity index (χ3n) is 6.04. The van der Waals surface area contributed by atoms with Crippen LogP contribution in [-0.2, 0) is 11.8 Å². The number of pyridine rings is 1. The van der Waals surface area contributed by atoms with Gasteiger partial charge >= 0.3 is 0 Å². The molecule has 1 aliphatic rings. The number of hydrogen-bond donors (Lipinski definition) is 3. The number of rotatable bonds is 7. The molecule has 0 spiro atoms. The molecule has 2 unspecified atom stereocenters. The Bertz CT molecular complexity index is 1460. The molecule has 36 heavy (non-hydrogen) atoms. The molecule has 0 radical (unpaired) electrons. The first kappa shape index (κ1) is 23.6. The van der Waals surface area contributed by atoms with Gasteiger partial charge in [-0.05, 0) is 52.6 Å². The van der Waals surface area contributed by atoms with Gasteiger partial charge in [-0.25, -0.2) is 0 Å². The Morgan fingerprint density at radius 2 is 2.03 bits per heavy atom. The highest BCUT2D eigenvalue weighted by atomic mass is 32.2. The van der Waals surface area contributed by atoms with Gasteiger partial charge in [0, 0.05) is 42.3 Å². The number of fused-ring (bicyclic) bond motifs is 1. The zero-order chi connectivity index (χ0) is 25.1. The Morgan fingerprint density at radius 1 is 1.14 bits per heavy atom. The number of anilines is 1. The molecular formula is C27H26N6O2S. The summed E-state index contributed by atoms with van der Waals surface area (Å²) in [6.45, 7) is 2.05. The van der Waals surface area contributed by atoms with Gasteiger partial charge in [0.05, 0.1) is 17.9 Å². The van der Waals surface area contributed by atoms with Crippen molar-refractivity contribution in [3.8, 4) is 0 Å². The Morgan fingerprint density at radius 3 is 2.83 bits per heavy atom. The summed E-state index contributed by atoms with van der Waals surface area (Å²) in [5.41, 5.74) is 4.11. The van der Waals surface area contributed by atoms with E-state index in [1.165, 1.54) is 11.8 Å². The maximum atomic E-state index is 13.0. The fraction of sp³-hybridized carbons (Fsp3) is 0.185. The van der Waals surface area contributed by atoms with E-state index in [2.05, 4.69) is 32.1 Å². The highest BCUT2D eigenvalue weighted by Crippen LogP contribution is 2.30. The van der Waals surface area contributed by atoms with E-state index in [0.717, 1.165) is 34.0 Å². The number of carbonyl (C=O) groups is 2. The van der Waals surface area contributed by atoms with E-state index in [1.807, 2.05) is 54.8 Å². The van der Waals surface area contributed by atoms with E-state index in [9.17, 15) is 9.59 Å². The molecule has 5 rings (SSSR count). The van der Waals surface area contributed by atoms with Crippen LogP contribution in [0.3, 0.4) is 0 Å². The molecule has 0 fully saturated rings. The van der Waals surface area contributed by atoms with E-state index in [-0.39, 0.29) is 17.9 Å². The predicted octanol–water partition coefficient (Wildman–Crippen LogP) is 4.45. The van der Waals surface area contributed by atoms with Gasteiger partial charge in [-0.2, -0.15) is 5.10 Å². The Labute approximate surface area is 213 Å². The Balaban J connectivity index is 1.26. The predicted molar refractivity (Wildman–Crippen MR) is 143 cm³/mol. The van der Waals surface area contributed by atoms with Crippen LogP contribution in [0.25, 0.3) is 16.5 Å². The number of thioether (sulfide) groups is 1. The van der Waals surface area contributed by atoms with E-state index in [4.69, 9.17) is 0 Å². The zero-order valence-electron chi connectivity index (χ0n) is 19.9. The molecule has 0 aliphatic carbocycles. The minimum Gasteiger partial charge on any atom is -0.364 e. The van der Waals surface area contributed by atoms with Crippen molar-refractivity contribution in [1.82, 2.24) is 25.4 Å². The van der Waals surface area contributed by atoms with E-state index >= 15 is 0 Å². The van der Waals surface area contributed by atoms with Crippen LogP contribution >= 0.6 is 11.8 Å². The van der Waals surface area contributed by atoms with Gasteiger partial charge in [0.25, 0.3) is 11.8 Å². The fourth-order valence-electron chi connectivity index (χ4n) is 4.13. The standard InChI is InChI=1S/C27H26N6O2S/c1-3-23(31-25(34)20-7-8-21-13-28-10-9-17(21)11-20)18-5-4-6-19(12-18)24-16-36-27(32-24)26(35)30-22-14-29-33(2)15-22/h4-16,23,27,32H,3H2,1-2H3,(H,30,35)(H,31,34). The number of aromatic nitrogens is 3. The SMILES string of the molecule is CCC(NC(=O)c1ccc2cnccc2c1)c1cccc(C2=CSC(C(=O)Nc3cnn(C)c3)N2)c1. The van der Waals surface area contributed by atoms with E-state index in [0.29, 0.717) is 11.3 Å². The average molecular weight is 499 g/mol. The summed E-state index contributed by atoms with van der Waals surface area (Å²) in [4.78, 5) is 29.8. The minimum atomic E-state index is -0.436. The molecule has 1 aliphatic heterocycles. The first-order chi connectivity index (χ1) is 17.5. The summed E-state index contributed by atoms with van der Waals surface area (Å²) in [7, 11) is 1.80. The normalized spacial score (nSPS) is 15.7. The van der Waals surface area contributed by atoms with Gasteiger partial charge in [-0.15, -0.1) is 0 Å². The lowest BCUT2D eigenvalue weighted by Gasteiger charge is -2.19. The molecule has 2 aromatic carbocycles. The third-order valence-corrected chi connectivity index (χ3v) is 7.01.